The predicted octanol–water partition coefficient (Wildman–Crippen LogP) is 5.07. The summed E-state index contributed by atoms with van der Waals surface area (Å²) in [4.78, 5) is 51.4. The number of hydrogen-bond acceptors (Lipinski definition) is 8. The average Bonchev–Trinajstić information content (AvgIpc) is 3.90. The minimum atomic E-state index is -0.401. The third kappa shape index (κ3) is 7.52. The van der Waals surface area contributed by atoms with E-state index >= 15 is 0 Å². The number of pyridine rings is 1. The zero-order valence-electron chi connectivity index (χ0n) is 29.3. The maximum atomic E-state index is 13.6. The Balaban J connectivity index is 1.06. The molecule has 2 fully saturated rings. The first-order valence-electron chi connectivity index (χ1n) is 17.7. The van der Waals surface area contributed by atoms with Crippen LogP contribution in [0.5, 0.6) is 5.75 Å². The van der Waals surface area contributed by atoms with E-state index in [-0.39, 0.29) is 23.7 Å². The number of hydrogen-bond donors (Lipinski definition) is 3. The second kappa shape index (κ2) is 15.6. The number of nitrogens with zero attached hydrogens (tertiary/aromatic N) is 5. The average molecular weight is 746 g/mol. The van der Waals surface area contributed by atoms with Gasteiger partial charge in [0.15, 0.2) is 5.82 Å². The molecule has 2 saturated heterocycles. The molecule has 0 aliphatic carbocycles. The number of fused-ring (bicyclic) bond motifs is 1. The number of halogens is 2. The van der Waals surface area contributed by atoms with Gasteiger partial charge in [-0.1, -0.05) is 47.5 Å². The Bertz CT molecular complexity index is 2010. The number of imidazole rings is 1. The quantitative estimate of drug-likeness (QED) is 0.194. The first kappa shape index (κ1) is 35.9. The SMILES string of the molecule is COc1cc(-c2nccc(-c3cccc(NC(=O)c4nc5c(n4C)CCN(C(=O)CN4CCCC4)C5)c3Cl)c2Cl)ccc1CNC[C@@H]1CCC(=O)N1. The van der Waals surface area contributed by atoms with E-state index in [1.54, 1.807) is 30.0 Å². The van der Waals surface area contributed by atoms with Crippen molar-refractivity contribution in [1.82, 2.24) is 35.0 Å². The van der Waals surface area contributed by atoms with Gasteiger partial charge in [0.1, 0.15) is 5.75 Å². The number of benzene rings is 2. The fourth-order valence-corrected chi connectivity index (χ4v) is 7.89. The Morgan fingerprint density at radius 1 is 1.04 bits per heavy atom. The Morgan fingerprint density at radius 2 is 1.85 bits per heavy atom. The van der Waals surface area contributed by atoms with Crippen molar-refractivity contribution in [3.8, 4) is 28.1 Å². The first-order chi connectivity index (χ1) is 25.2. The van der Waals surface area contributed by atoms with Crippen molar-refractivity contribution in [1.29, 1.82) is 0 Å². The van der Waals surface area contributed by atoms with Gasteiger partial charge >= 0.3 is 0 Å². The van der Waals surface area contributed by atoms with Crippen molar-refractivity contribution in [2.45, 2.75) is 51.2 Å². The summed E-state index contributed by atoms with van der Waals surface area (Å²) >= 11 is 14.0. The van der Waals surface area contributed by atoms with Crippen molar-refractivity contribution < 1.29 is 19.1 Å². The van der Waals surface area contributed by atoms with Gasteiger partial charge < -0.3 is 30.2 Å². The number of nitrogens with one attached hydrogen (secondary N) is 3. The molecule has 4 aromatic rings. The van der Waals surface area contributed by atoms with Gasteiger partial charge in [-0.15, -0.1) is 0 Å². The third-order valence-electron chi connectivity index (χ3n) is 10.1. The van der Waals surface area contributed by atoms with Crippen LogP contribution in [0.2, 0.25) is 10.0 Å². The van der Waals surface area contributed by atoms with Gasteiger partial charge in [-0.05, 0) is 50.6 Å². The van der Waals surface area contributed by atoms with E-state index in [0.29, 0.717) is 83.9 Å². The van der Waals surface area contributed by atoms with Crippen LogP contribution in [0.25, 0.3) is 22.4 Å². The van der Waals surface area contributed by atoms with Crippen LogP contribution in [-0.2, 0) is 36.1 Å². The lowest BCUT2D eigenvalue weighted by atomic mass is 10.0. The first-order valence-corrected chi connectivity index (χ1v) is 18.4. The molecule has 0 bridgehead atoms. The van der Waals surface area contributed by atoms with Crippen LogP contribution in [0.1, 0.15) is 53.3 Å². The number of aromatic nitrogens is 3. The number of ether oxygens (including phenoxy) is 1. The van der Waals surface area contributed by atoms with Crippen molar-refractivity contribution in [2.75, 3.05) is 45.2 Å². The molecule has 272 valence electrons. The standard InChI is InChI=1S/C38H42Cl2N8O4/c1-46-30-13-17-48(33(50)22-47-15-3-4-16-47)21-29(30)44-37(46)38(51)45-28-7-5-6-26(34(28)39)27-12-14-42-36(35(27)40)23-8-9-24(31(18-23)52-2)19-41-20-25-10-11-32(49)43-25/h5-9,12,14,18,25,41H,3-4,10-11,13,15-17,19-22H2,1-2H3,(H,43,49)(H,45,51)/t25-/m0/s1. The molecule has 3 aliphatic heterocycles. The highest BCUT2D eigenvalue weighted by atomic mass is 35.5. The molecule has 7 rings (SSSR count). The molecule has 1 atom stereocenters. The van der Waals surface area contributed by atoms with Gasteiger partial charge in [0.25, 0.3) is 5.91 Å². The highest BCUT2D eigenvalue weighted by molar-refractivity contribution is 6.39. The van der Waals surface area contributed by atoms with Gasteiger partial charge in [0.2, 0.25) is 11.8 Å². The number of amides is 3. The van der Waals surface area contributed by atoms with Crippen molar-refractivity contribution in [2.24, 2.45) is 7.05 Å². The molecule has 14 heteroatoms. The monoisotopic (exact) mass is 744 g/mol. The van der Waals surface area contributed by atoms with E-state index in [1.807, 2.05) is 42.3 Å². The van der Waals surface area contributed by atoms with Gasteiger partial charge in [-0.2, -0.15) is 0 Å². The lowest BCUT2D eigenvalue weighted by molar-refractivity contribution is -0.133. The lowest BCUT2D eigenvalue weighted by Crippen LogP contribution is -2.42. The van der Waals surface area contributed by atoms with Crippen LogP contribution in [0.15, 0.2) is 48.7 Å². The summed E-state index contributed by atoms with van der Waals surface area (Å²) < 4.78 is 7.52. The Labute approximate surface area is 312 Å². The Kier molecular flexibility index (Phi) is 10.8. The molecular weight excluding hydrogens is 703 g/mol. The second-order valence-electron chi connectivity index (χ2n) is 13.5. The fraction of sp³-hybridized carbons (Fsp3) is 0.395. The molecule has 0 radical (unpaired) electrons. The number of likely N-dealkylation sites (tertiary alicyclic amines) is 1. The van der Waals surface area contributed by atoms with Crippen molar-refractivity contribution in [3.63, 3.8) is 0 Å². The van der Waals surface area contributed by atoms with Gasteiger partial charge in [0, 0.05) is 79.7 Å². The Morgan fingerprint density at radius 3 is 2.62 bits per heavy atom. The topological polar surface area (TPSA) is 134 Å². The van der Waals surface area contributed by atoms with E-state index in [9.17, 15) is 14.4 Å². The van der Waals surface area contributed by atoms with Crippen LogP contribution in [0.4, 0.5) is 5.69 Å². The summed E-state index contributed by atoms with van der Waals surface area (Å²) in [6.45, 7) is 4.58. The normalized spacial score (nSPS) is 17.3. The summed E-state index contributed by atoms with van der Waals surface area (Å²) in [6.07, 6.45) is 5.96. The molecule has 0 saturated carbocycles. The molecule has 5 heterocycles. The minimum Gasteiger partial charge on any atom is -0.496 e. The smallest absolute Gasteiger partial charge is 0.291 e. The maximum Gasteiger partial charge on any atom is 0.291 e. The molecule has 0 unspecified atom stereocenters. The predicted molar refractivity (Wildman–Crippen MR) is 201 cm³/mol. The van der Waals surface area contributed by atoms with E-state index < -0.39 is 5.91 Å². The summed E-state index contributed by atoms with van der Waals surface area (Å²) in [5.41, 5.74) is 5.68. The van der Waals surface area contributed by atoms with E-state index in [4.69, 9.17) is 27.9 Å². The van der Waals surface area contributed by atoms with E-state index in [2.05, 4.69) is 30.8 Å². The maximum absolute atomic E-state index is 13.6. The summed E-state index contributed by atoms with van der Waals surface area (Å²) in [7, 11) is 3.45. The van der Waals surface area contributed by atoms with Crippen LogP contribution >= 0.6 is 23.2 Å². The van der Waals surface area contributed by atoms with Gasteiger partial charge in [-0.3, -0.25) is 24.3 Å². The number of methoxy groups -OCH3 is 1. The third-order valence-corrected chi connectivity index (χ3v) is 10.9. The van der Waals surface area contributed by atoms with Crippen LogP contribution in [0.3, 0.4) is 0 Å². The molecule has 2 aromatic carbocycles. The van der Waals surface area contributed by atoms with Crippen LogP contribution in [0, 0.1) is 0 Å². The van der Waals surface area contributed by atoms with Crippen molar-refractivity contribution >= 4 is 46.6 Å². The van der Waals surface area contributed by atoms with Crippen LogP contribution in [-0.4, -0.2) is 87.9 Å². The minimum absolute atomic E-state index is 0.0936. The highest BCUT2D eigenvalue weighted by Crippen LogP contribution is 2.41. The molecule has 3 amide bonds. The number of anilines is 1. The molecular formula is C38H42Cl2N8O4. The van der Waals surface area contributed by atoms with E-state index in [0.717, 1.165) is 54.9 Å². The molecule has 52 heavy (non-hydrogen) atoms. The Hall–Kier alpha value is -4.49. The highest BCUT2D eigenvalue weighted by Gasteiger charge is 2.29. The summed E-state index contributed by atoms with van der Waals surface area (Å²) in [5.74, 6) is 0.728. The molecule has 12 nitrogen and oxygen atoms in total. The fourth-order valence-electron chi connectivity index (χ4n) is 7.29. The summed E-state index contributed by atoms with van der Waals surface area (Å²) in [5, 5.41) is 10.1. The number of rotatable bonds is 11. The van der Waals surface area contributed by atoms with Gasteiger partial charge in [-0.25, -0.2) is 4.98 Å². The lowest BCUT2D eigenvalue weighted by Gasteiger charge is -2.28. The van der Waals surface area contributed by atoms with E-state index in [1.165, 1.54) is 0 Å². The van der Waals surface area contributed by atoms with Crippen molar-refractivity contribution in [3.05, 3.63) is 81.5 Å². The molecule has 3 aliphatic rings. The summed E-state index contributed by atoms with van der Waals surface area (Å²) in [6, 6.07) is 13.1. The molecule has 3 N–H and O–H groups in total. The zero-order valence-corrected chi connectivity index (χ0v) is 30.8. The zero-order chi connectivity index (χ0) is 36.4. The molecule has 0 spiro atoms. The number of carbonyl (C=O) groups excluding carboxylic acids is 3. The largest absolute Gasteiger partial charge is 0.496 e. The van der Waals surface area contributed by atoms with Crippen LogP contribution < -0.4 is 20.7 Å². The number of carbonyl (C=O) groups is 3. The molecule has 2 aromatic heterocycles. The second-order valence-corrected chi connectivity index (χ2v) is 14.3. The van der Waals surface area contributed by atoms with Gasteiger partial charge in [0.05, 0.1) is 47.3 Å².